The van der Waals surface area contributed by atoms with Crippen molar-refractivity contribution >= 4 is 0 Å². The Hall–Kier alpha value is -1.76. The number of nitrogens with zero attached hydrogens (tertiary/aromatic N) is 5. The molecule has 1 atom stereocenters. The van der Waals surface area contributed by atoms with E-state index in [1.165, 1.54) is 0 Å². The van der Waals surface area contributed by atoms with Gasteiger partial charge in [0.05, 0.1) is 12.7 Å². The Morgan fingerprint density at radius 2 is 2.32 bits per heavy atom. The van der Waals surface area contributed by atoms with Gasteiger partial charge in [-0.25, -0.2) is 0 Å². The van der Waals surface area contributed by atoms with Crippen LogP contribution in [0.15, 0.2) is 10.7 Å². The van der Waals surface area contributed by atoms with Crippen molar-refractivity contribution in [3.63, 3.8) is 0 Å². The molecule has 19 heavy (non-hydrogen) atoms. The van der Waals surface area contributed by atoms with Crippen LogP contribution in [0.1, 0.15) is 38.9 Å². The van der Waals surface area contributed by atoms with Gasteiger partial charge in [0.25, 0.3) is 5.89 Å². The maximum atomic E-state index is 5.80. The first-order valence-corrected chi connectivity index (χ1v) is 6.60. The molecule has 7 heteroatoms. The second-order valence-electron chi connectivity index (χ2n) is 4.88. The molecule has 1 aliphatic heterocycles. The molecular formula is C12H17N5O2. The van der Waals surface area contributed by atoms with Crippen LogP contribution in [0.4, 0.5) is 0 Å². The topological polar surface area (TPSA) is 78.9 Å². The van der Waals surface area contributed by atoms with Gasteiger partial charge in [-0.1, -0.05) is 5.16 Å². The van der Waals surface area contributed by atoms with E-state index < -0.39 is 5.60 Å². The zero-order valence-corrected chi connectivity index (χ0v) is 11.2. The van der Waals surface area contributed by atoms with Crippen LogP contribution in [0.5, 0.6) is 0 Å². The Kier molecular flexibility index (Phi) is 3.06. The molecule has 0 radical (unpaired) electrons. The number of hydrogen-bond acceptors (Lipinski definition) is 6. The van der Waals surface area contributed by atoms with Gasteiger partial charge < -0.3 is 9.26 Å². The normalized spacial score (nSPS) is 23.7. The summed E-state index contributed by atoms with van der Waals surface area (Å²) in [5.41, 5.74) is 0.154. The van der Waals surface area contributed by atoms with E-state index in [1.807, 2.05) is 13.8 Å². The van der Waals surface area contributed by atoms with Gasteiger partial charge in [-0.05, 0) is 33.1 Å². The molecule has 3 heterocycles. The van der Waals surface area contributed by atoms with E-state index >= 15 is 0 Å². The molecular weight excluding hydrogens is 246 g/mol. The number of aryl methyl sites for hydroxylation is 1. The molecule has 0 bridgehead atoms. The first-order chi connectivity index (χ1) is 9.21. The Bertz CT molecular complexity index is 556. The third-order valence-corrected chi connectivity index (χ3v) is 3.41. The second kappa shape index (κ2) is 4.73. The summed E-state index contributed by atoms with van der Waals surface area (Å²) in [7, 11) is 0. The lowest BCUT2D eigenvalue weighted by molar-refractivity contribution is -0.0770. The van der Waals surface area contributed by atoms with E-state index in [0.29, 0.717) is 24.0 Å². The maximum Gasteiger partial charge on any atom is 0.280 e. The van der Waals surface area contributed by atoms with Crippen LogP contribution in [-0.2, 0) is 16.9 Å². The van der Waals surface area contributed by atoms with Crippen molar-refractivity contribution in [1.29, 1.82) is 0 Å². The van der Waals surface area contributed by atoms with Gasteiger partial charge in [0.1, 0.15) is 5.60 Å². The lowest BCUT2D eigenvalue weighted by Crippen LogP contribution is -2.31. The maximum absolute atomic E-state index is 5.80. The summed E-state index contributed by atoms with van der Waals surface area (Å²) >= 11 is 0. The van der Waals surface area contributed by atoms with Gasteiger partial charge in [-0.3, -0.25) is 0 Å². The van der Waals surface area contributed by atoms with Crippen molar-refractivity contribution < 1.29 is 9.26 Å². The summed E-state index contributed by atoms with van der Waals surface area (Å²) in [6.07, 6.45) is 4.75. The highest BCUT2D eigenvalue weighted by Gasteiger charge is 2.35. The smallest absolute Gasteiger partial charge is 0.280 e. The molecule has 0 N–H and O–H groups in total. The van der Waals surface area contributed by atoms with Crippen LogP contribution in [0.3, 0.4) is 0 Å². The minimum atomic E-state index is -0.444. The van der Waals surface area contributed by atoms with Gasteiger partial charge in [0.15, 0.2) is 5.69 Å². The lowest BCUT2D eigenvalue weighted by atomic mass is 9.95. The summed E-state index contributed by atoms with van der Waals surface area (Å²) in [5, 5.41) is 12.4. The van der Waals surface area contributed by atoms with Crippen molar-refractivity contribution in [2.24, 2.45) is 0 Å². The van der Waals surface area contributed by atoms with Crippen molar-refractivity contribution in [3.8, 4) is 11.6 Å². The van der Waals surface area contributed by atoms with Crippen LogP contribution in [0, 0.1) is 0 Å². The Morgan fingerprint density at radius 1 is 1.42 bits per heavy atom. The van der Waals surface area contributed by atoms with E-state index in [4.69, 9.17) is 9.26 Å². The number of rotatable bonds is 3. The van der Waals surface area contributed by atoms with E-state index in [0.717, 1.165) is 25.9 Å². The summed E-state index contributed by atoms with van der Waals surface area (Å²) < 4.78 is 11.1. The molecule has 0 aromatic carbocycles. The number of ether oxygens (including phenoxy) is 1. The van der Waals surface area contributed by atoms with Gasteiger partial charge in [0, 0.05) is 6.61 Å². The Balaban J connectivity index is 1.86. The van der Waals surface area contributed by atoms with Gasteiger partial charge in [-0.15, -0.1) is 5.10 Å². The van der Waals surface area contributed by atoms with Gasteiger partial charge in [-0.2, -0.15) is 14.9 Å². The van der Waals surface area contributed by atoms with Gasteiger partial charge in [0.2, 0.25) is 5.82 Å². The lowest BCUT2D eigenvalue weighted by Gasteiger charge is -2.30. The standard InChI is InChI=1S/C12H17N5O2/c1-3-17-13-8-9(15-17)10-14-11(16-19-10)12(2)6-4-5-7-18-12/h8H,3-7H2,1-2H3. The largest absolute Gasteiger partial charge is 0.367 e. The summed E-state index contributed by atoms with van der Waals surface area (Å²) in [4.78, 5) is 5.99. The number of hydrogen-bond donors (Lipinski definition) is 0. The fourth-order valence-corrected chi connectivity index (χ4v) is 2.20. The monoisotopic (exact) mass is 263 g/mol. The molecule has 1 fully saturated rings. The highest BCUT2D eigenvalue weighted by molar-refractivity contribution is 5.43. The average molecular weight is 263 g/mol. The van der Waals surface area contributed by atoms with Crippen LogP contribution in [0.2, 0.25) is 0 Å². The molecule has 0 spiro atoms. The average Bonchev–Trinajstić information content (AvgIpc) is 3.08. The molecule has 0 amide bonds. The Morgan fingerprint density at radius 3 is 3.00 bits per heavy atom. The van der Waals surface area contributed by atoms with Crippen molar-refractivity contribution in [1.82, 2.24) is 25.1 Å². The highest BCUT2D eigenvalue weighted by atomic mass is 16.5. The van der Waals surface area contributed by atoms with Crippen LogP contribution in [-0.4, -0.2) is 31.7 Å². The predicted octanol–water partition coefficient (Wildman–Crippen LogP) is 1.76. The summed E-state index contributed by atoms with van der Waals surface area (Å²) in [5.74, 6) is 0.985. The molecule has 0 aliphatic carbocycles. The number of aromatic nitrogens is 5. The van der Waals surface area contributed by atoms with Gasteiger partial charge >= 0.3 is 0 Å². The fraction of sp³-hybridized carbons (Fsp3) is 0.667. The highest BCUT2D eigenvalue weighted by Crippen LogP contribution is 2.33. The third kappa shape index (κ3) is 2.25. The molecule has 102 valence electrons. The molecule has 2 aromatic rings. The van der Waals surface area contributed by atoms with Crippen molar-refractivity contribution in [2.45, 2.75) is 45.3 Å². The molecule has 1 saturated heterocycles. The predicted molar refractivity (Wildman–Crippen MR) is 66.1 cm³/mol. The first-order valence-electron chi connectivity index (χ1n) is 6.60. The van der Waals surface area contributed by atoms with E-state index in [1.54, 1.807) is 11.0 Å². The second-order valence-corrected chi connectivity index (χ2v) is 4.88. The van der Waals surface area contributed by atoms with Crippen molar-refractivity contribution in [3.05, 3.63) is 12.0 Å². The zero-order chi connectivity index (χ0) is 13.3. The molecule has 1 unspecified atom stereocenters. The SMILES string of the molecule is CCn1ncc(-c2nc(C3(C)CCCCO3)no2)n1. The fourth-order valence-electron chi connectivity index (χ4n) is 2.20. The summed E-state index contributed by atoms with van der Waals surface area (Å²) in [6.45, 7) is 5.43. The van der Waals surface area contributed by atoms with E-state index in [2.05, 4.69) is 20.3 Å². The minimum Gasteiger partial charge on any atom is -0.367 e. The van der Waals surface area contributed by atoms with Crippen LogP contribution in [0.25, 0.3) is 11.6 Å². The minimum absolute atomic E-state index is 0.394. The molecule has 7 nitrogen and oxygen atoms in total. The summed E-state index contributed by atoms with van der Waals surface area (Å²) in [6, 6.07) is 0. The van der Waals surface area contributed by atoms with Crippen molar-refractivity contribution in [2.75, 3.05) is 6.61 Å². The van der Waals surface area contributed by atoms with Crippen LogP contribution < -0.4 is 0 Å². The molecule has 3 rings (SSSR count). The molecule has 1 aliphatic rings. The zero-order valence-electron chi connectivity index (χ0n) is 11.2. The molecule has 2 aromatic heterocycles. The first kappa shape index (κ1) is 12.3. The van der Waals surface area contributed by atoms with Crippen LogP contribution >= 0.6 is 0 Å². The van der Waals surface area contributed by atoms with E-state index in [-0.39, 0.29) is 0 Å². The molecule has 0 saturated carbocycles. The third-order valence-electron chi connectivity index (χ3n) is 3.41. The quantitative estimate of drug-likeness (QED) is 0.839. The Labute approximate surface area is 110 Å². The van der Waals surface area contributed by atoms with E-state index in [9.17, 15) is 0 Å².